The highest BCUT2D eigenvalue weighted by Crippen LogP contribution is 2.43. The van der Waals surface area contributed by atoms with Gasteiger partial charge in [-0.1, -0.05) is 20.8 Å². The van der Waals surface area contributed by atoms with Crippen molar-refractivity contribution in [1.29, 1.82) is 0 Å². The third-order valence-electron chi connectivity index (χ3n) is 4.37. The van der Waals surface area contributed by atoms with Gasteiger partial charge in [0.15, 0.2) is 0 Å². The van der Waals surface area contributed by atoms with Crippen LogP contribution in [-0.2, 0) is 0 Å². The second kappa shape index (κ2) is 5.68. The highest BCUT2D eigenvalue weighted by molar-refractivity contribution is 4.99. The summed E-state index contributed by atoms with van der Waals surface area (Å²) in [6.07, 6.45) is 3.49. The van der Waals surface area contributed by atoms with Crippen molar-refractivity contribution in [2.24, 2.45) is 11.3 Å². The van der Waals surface area contributed by atoms with Gasteiger partial charge < -0.3 is 15.3 Å². The van der Waals surface area contributed by atoms with Crippen LogP contribution in [0, 0.1) is 11.3 Å². The molecule has 2 atom stereocenters. The van der Waals surface area contributed by atoms with Gasteiger partial charge in [-0.2, -0.15) is 0 Å². The van der Waals surface area contributed by atoms with Crippen LogP contribution in [-0.4, -0.2) is 49.3 Å². The van der Waals surface area contributed by atoms with Gasteiger partial charge in [0, 0.05) is 18.6 Å². The molecule has 0 amide bonds. The zero-order valence-corrected chi connectivity index (χ0v) is 12.2. The molecule has 0 bridgehead atoms. The third kappa shape index (κ3) is 3.94. The van der Waals surface area contributed by atoms with Crippen molar-refractivity contribution >= 4 is 0 Å². The Morgan fingerprint density at radius 3 is 2.41 bits per heavy atom. The molecule has 0 aromatic rings. The van der Waals surface area contributed by atoms with E-state index < -0.39 is 0 Å². The van der Waals surface area contributed by atoms with E-state index >= 15 is 0 Å². The van der Waals surface area contributed by atoms with Gasteiger partial charge in [-0.05, 0) is 44.7 Å². The van der Waals surface area contributed by atoms with Crippen LogP contribution < -0.4 is 5.32 Å². The summed E-state index contributed by atoms with van der Waals surface area (Å²) in [6.45, 7) is 9.20. The van der Waals surface area contributed by atoms with Crippen molar-refractivity contribution in [2.75, 3.05) is 33.8 Å². The van der Waals surface area contributed by atoms with E-state index in [4.69, 9.17) is 0 Å². The second-order valence-electron chi connectivity index (χ2n) is 6.81. The molecule has 0 aliphatic heterocycles. The highest BCUT2D eigenvalue weighted by Gasteiger charge is 2.42. The van der Waals surface area contributed by atoms with Crippen molar-refractivity contribution in [2.45, 2.75) is 45.6 Å². The molecular weight excluding hydrogens is 212 g/mol. The topological polar surface area (TPSA) is 35.5 Å². The Balaban J connectivity index is 2.56. The van der Waals surface area contributed by atoms with E-state index in [1.165, 1.54) is 12.8 Å². The Labute approximate surface area is 107 Å². The van der Waals surface area contributed by atoms with Gasteiger partial charge in [0.25, 0.3) is 0 Å². The van der Waals surface area contributed by atoms with Gasteiger partial charge in [0.2, 0.25) is 0 Å². The van der Waals surface area contributed by atoms with Crippen molar-refractivity contribution in [3.63, 3.8) is 0 Å². The Morgan fingerprint density at radius 2 is 1.94 bits per heavy atom. The van der Waals surface area contributed by atoms with Crippen LogP contribution in [0.2, 0.25) is 0 Å². The van der Waals surface area contributed by atoms with Crippen LogP contribution in [0.25, 0.3) is 0 Å². The van der Waals surface area contributed by atoms with E-state index in [-0.39, 0.29) is 12.1 Å². The standard InChI is InChI=1S/C14H30N2O/c1-12-10-13(2,3)6-7-14(12,11-17)15-8-9-16(4)5/h12,15,17H,6-11H2,1-5H3. The second-order valence-corrected chi connectivity index (χ2v) is 6.81. The molecule has 3 heteroatoms. The predicted octanol–water partition coefficient (Wildman–Crippen LogP) is 1.71. The van der Waals surface area contributed by atoms with E-state index in [0.29, 0.717) is 11.3 Å². The molecule has 0 spiro atoms. The Hall–Kier alpha value is -0.120. The molecule has 3 nitrogen and oxygen atoms in total. The molecule has 1 saturated carbocycles. The summed E-state index contributed by atoms with van der Waals surface area (Å²) in [5.41, 5.74) is 0.382. The van der Waals surface area contributed by atoms with E-state index in [0.717, 1.165) is 19.5 Å². The molecular formula is C14H30N2O. The molecule has 0 heterocycles. The first-order chi connectivity index (χ1) is 7.81. The van der Waals surface area contributed by atoms with Gasteiger partial charge in [-0.25, -0.2) is 0 Å². The minimum atomic E-state index is -0.0501. The largest absolute Gasteiger partial charge is 0.394 e. The lowest BCUT2D eigenvalue weighted by molar-refractivity contribution is 0.0272. The third-order valence-corrected chi connectivity index (χ3v) is 4.37. The number of rotatable bonds is 5. The lowest BCUT2D eigenvalue weighted by atomic mass is 9.64. The number of nitrogens with one attached hydrogen (secondary N) is 1. The molecule has 1 fully saturated rings. The fraction of sp³-hybridized carbons (Fsp3) is 1.00. The number of hydrogen-bond donors (Lipinski definition) is 2. The van der Waals surface area contributed by atoms with Crippen LogP contribution in [0.3, 0.4) is 0 Å². The van der Waals surface area contributed by atoms with Crippen LogP contribution in [0.15, 0.2) is 0 Å². The summed E-state index contributed by atoms with van der Waals surface area (Å²) in [6, 6.07) is 0. The molecule has 1 aliphatic carbocycles. The Morgan fingerprint density at radius 1 is 1.29 bits per heavy atom. The normalized spacial score (nSPS) is 33.0. The maximum Gasteiger partial charge on any atom is 0.0615 e. The number of aliphatic hydroxyl groups excluding tert-OH is 1. The monoisotopic (exact) mass is 242 g/mol. The van der Waals surface area contributed by atoms with E-state index in [1.54, 1.807) is 0 Å². The predicted molar refractivity (Wildman–Crippen MR) is 73.2 cm³/mol. The summed E-state index contributed by atoms with van der Waals surface area (Å²) in [7, 11) is 4.17. The Bertz CT molecular complexity index is 240. The zero-order valence-electron chi connectivity index (χ0n) is 12.2. The van der Waals surface area contributed by atoms with E-state index in [1.807, 2.05) is 0 Å². The summed E-state index contributed by atoms with van der Waals surface area (Å²) in [4.78, 5) is 2.18. The number of likely N-dealkylation sites (N-methyl/N-ethyl adjacent to an activating group) is 1. The smallest absolute Gasteiger partial charge is 0.0615 e. The molecule has 2 unspecified atom stereocenters. The summed E-state index contributed by atoms with van der Waals surface area (Å²) >= 11 is 0. The van der Waals surface area contributed by atoms with Crippen LogP contribution in [0.5, 0.6) is 0 Å². The average molecular weight is 242 g/mol. The molecule has 0 radical (unpaired) electrons. The van der Waals surface area contributed by atoms with Crippen LogP contribution in [0.1, 0.15) is 40.0 Å². The molecule has 0 aromatic heterocycles. The van der Waals surface area contributed by atoms with Gasteiger partial charge in [-0.15, -0.1) is 0 Å². The minimum Gasteiger partial charge on any atom is -0.394 e. The van der Waals surface area contributed by atoms with E-state index in [9.17, 15) is 5.11 Å². The fourth-order valence-corrected chi connectivity index (χ4v) is 3.02. The van der Waals surface area contributed by atoms with Gasteiger partial charge in [0.05, 0.1) is 6.61 Å². The number of aliphatic hydroxyl groups is 1. The van der Waals surface area contributed by atoms with Crippen molar-refractivity contribution in [3.8, 4) is 0 Å². The molecule has 0 aromatic carbocycles. The van der Waals surface area contributed by atoms with Crippen molar-refractivity contribution < 1.29 is 5.11 Å². The SMILES string of the molecule is CC1CC(C)(C)CCC1(CO)NCCN(C)C. The van der Waals surface area contributed by atoms with Crippen LogP contribution in [0.4, 0.5) is 0 Å². The fourth-order valence-electron chi connectivity index (χ4n) is 3.02. The van der Waals surface area contributed by atoms with Gasteiger partial charge in [-0.3, -0.25) is 0 Å². The summed E-state index contributed by atoms with van der Waals surface area (Å²) < 4.78 is 0. The first-order valence-electron chi connectivity index (χ1n) is 6.82. The maximum absolute atomic E-state index is 9.77. The van der Waals surface area contributed by atoms with Crippen molar-refractivity contribution in [1.82, 2.24) is 10.2 Å². The quantitative estimate of drug-likeness (QED) is 0.770. The van der Waals surface area contributed by atoms with E-state index in [2.05, 4.69) is 45.1 Å². The summed E-state index contributed by atoms with van der Waals surface area (Å²) in [5.74, 6) is 0.540. The molecule has 1 rings (SSSR count). The lowest BCUT2D eigenvalue weighted by Crippen LogP contribution is -2.58. The Kier molecular flexibility index (Phi) is 4.99. The molecule has 2 N–H and O–H groups in total. The lowest BCUT2D eigenvalue weighted by Gasteiger charge is -2.48. The zero-order chi connectivity index (χ0) is 13.1. The number of nitrogens with zero attached hydrogens (tertiary/aromatic N) is 1. The molecule has 17 heavy (non-hydrogen) atoms. The van der Waals surface area contributed by atoms with Crippen molar-refractivity contribution in [3.05, 3.63) is 0 Å². The first kappa shape index (κ1) is 14.9. The van der Waals surface area contributed by atoms with Crippen LogP contribution >= 0.6 is 0 Å². The first-order valence-corrected chi connectivity index (χ1v) is 6.82. The molecule has 102 valence electrons. The molecule has 1 aliphatic rings. The molecule has 0 saturated heterocycles. The average Bonchev–Trinajstić information content (AvgIpc) is 2.20. The number of hydrogen-bond acceptors (Lipinski definition) is 3. The maximum atomic E-state index is 9.77. The minimum absolute atomic E-state index is 0.0501. The highest BCUT2D eigenvalue weighted by atomic mass is 16.3. The summed E-state index contributed by atoms with van der Waals surface area (Å²) in [5, 5.41) is 13.4. The van der Waals surface area contributed by atoms with Gasteiger partial charge in [0.1, 0.15) is 0 Å². The van der Waals surface area contributed by atoms with Gasteiger partial charge >= 0.3 is 0 Å².